The lowest BCUT2D eigenvalue weighted by atomic mass is 10.1. The van der Waals surface area contributed by atoms with Gasteiger partial charge in [-0.05, 0) is 37.3 Å². The van der Waals surface area contributed by atoms with Crippen LogP contribution in [0.2, 0.25) is 0 Å². The van der Waals surface area contributed by atoms with Crippen LogP contribution in [0.25, 0.3) is 0 Å². The summed E-state index contributed by atoms with van der Waals surface area (Å²) in [4.78, 5) is 31.8. The van der Waals surface area contributed by atoms with E-state index in [1.54, 1.807) is 24.3 Å². The third-order valence-electron chi connectivity index (χ3n) is 3.59. The second-order valence-electron chi connectivity index (χ2n) is 5.61. The van der Waals surface area contributed by atoms with Crippen molar-refractivity contribution >= 4 is 29.0 Å². The lowest BCUT2D eigenvalue weighted by Crippen LogP contribution is -2.15. The Morgan fingerprint density at radius 2 is 1.78 bits per heavy atom. The first-order chi connectivity index (χ1) is 12.9. The molecule has 0 bridgehead atoms. The Morgan fingerprint density at radius 3 is 2.52 bits per heavy atom. The number of ketones is 1. The van der Waals surface area contributed by atoms with Crippen molar-refractivity contribution < 1.29 is 18.4 Å². The summed E-state index contributed by atoms with van der Waals surface area (Å²) in [6.07, 6.45) is 1.38. The van der Waals surface area contributed by atoms with Crippen LogP contribution in [0.4, 0.5) is 26.1 Å². The van der Waals surface area contributed by atoms with Gasteiger partial charge in [0, 0.05) is 29.2 Å². The lowest BCUT2D eigenvalue weighted by Gasteiger charge is -2.08. The molecular weight excluding hydrogens is 354 g/mol. The van der Waals surface area contributed by atoms with E-state index < -0.39 is 17.5 Å². The first-order valence-corrected chi connectivity index (χ1v) is 7.90. The molecule has 0 saturated carbocycles. The SMILES string of the molecule is CC(=O)c1cccc(Nc2nccc(C(=O)Nc3ccc(F)c(F)c3)n2)c1. The Labute approximate surface area is 153 Å². The molecule has 0 aliphatic rings. The molecule has 0 atom stereocenters. The van der Waals surface area contributed by atoms with Gasteiger partial charge in [-0.25, -0.2) is 18.7 Å². The summed E-state index contributed by atoms with van der Waals surface area (Å²) in [6.45, 7) is 1.46. The molecule has 0 spiro atoms. The van der Waals surface area contributed by atoms with Crippen LogP contribution in [-0.4, -0.2) is 21.7 Å². The number of benzene rings is 2. The Morgan fingerprint density at radius 1 is 0.963 bits per heavy atom. The molecule has 0 radical (unpaired) electrons. The topological polar surface area (TPSA) is 84.0 Å². The van der Waals surface area contributed by atoms with E-state index in [1.165, 1.54) is 25.3 Å². The number of carbonyl (C=O) groups excluding carboxylic acids is 2. The van der Waals surface area contributed by atoms with E-state index in [0.717, 1.165) is 12.1 Å². The Kier molecular flexibility index (Phi) is 5.16. The van der Waals surface area contributed by atoms with Crippen molar-refractivity contribution in [3.05, 3.63) is 77.6 Å². The number of hydrogen-bond donors (Lipinski definition) is 2. The molecule has 6 nitrogen and oxygen atoms in total. The number of anilines is 3. The third-order valence-corrected chi connectivity index (χ3v) is 3.59. The average molecular weight is 368 g/mol. The van der Waals surface area contributed by atoms with Crippen LogP contribution < -0.4 is 10.6 Å². The van der Waals surface area contributed by atoms with Gasteiger partial charge in [-0.3, -0.25) is 9.59 Å². The van der Waals surface area contributed by atoms with E-state index in [4.69, 9.17) is 0 Å². The minimum absolute atomic E-state index is 0.0277. The maximum absolute atomic E-state index is 13.2. The maximum Gasteiger partial charge on any atom is 0.274 e. The number of nitrogens with zero attached hydrogens (tertiary/aromatic N) is 2. The molecule has 3 rings (SSSR count). The van der Waals surface area contributed by atoms with E-state index in [2.05, 4.69) is 20.6 Å². The molecule has 1 heterocycles. The summed E-state index contributed by atoms with van der Waals surface area (Å²) in [6, 6.07) is 11.2. The predicted molar refractivity (Wildman–Crippen MR) is 96.1 cm³/mol. The Hall–Kier alpha value is -3.68. The molecule has 1 aromatic heterocycles. The van der Waals surface area contributed by atoms with Crippen LogP contribution in [0.3, 0.4) is 0 Å². The van der Waals surface area contributed by atoms with Crippen molar-refractivity contribution in [1.29, 1.82) is 0 Å². The van der Waals surface area contributed by atoms with Crippen LogP contribution in [0, 0.1) is 11.6 Å². The van der Waals surface area contributed by atoms with Crippen molar-refractivity contribution in [2.75, 3.05) is 10.6 Å². The number of carbonyl (C=O) groups is 2. The highest BCUT2D eigenvalue weighted by atomic mass is 19.2. The van der Waals surface area contributed by atoms with Gasteiger partial charge in [0.25, 0.3) is 5.91 Å². The van der Waals surface area contributed by atoms with Crippen molar-refractivity contribution in [3.63, 3.8) is 0 Å². The van der Waals surface area contributed by atoms with Crippen LogP contribution in [0.1, 0.15) is 27.8 Å². The maximum atomic E-state index is 13.2. The van der Waals surface area contributed by atoms with Gasteiger partial charge in [0.1, 0.15) is 5.69 Å². The number of nitrogens with one attached hydrogen (secondary N) is 2. The summed E-state index contributed by atoms with van der Waals surface area (Å²) in [5.74, 6) is -2.62. The summed E-state index contributed by atoms with van der Waals surface area (Å²) in [5, 5.41) is 5.34. The highest BCUT2D eigenvalue weighted by Gasteiger charge is 2.11. The molecule has 2 N–H and O–H groups in total. The zero-order chi connectivity index (χ0) is 19.4. The Bertz CT molecular complexity index is 1020. The number of Topliss-reactive ketones (excluding diaryl/α,β-unsaturated/α-hetero) is 1. The number of amides is 1. The number of aromatic nitrogens is 2. The monoisotopic (exact) mass is 368 g/mol. The zero-order valence-corrected chi connectivity index (χ0v) is 14.2. The molecule has 0 saturated heterocycles. The standard InChI is InChI=1S/C19H14F2N4O2/c1-11(26)12-3-2-4-13(9-12)24-19-22-8-7-17(25-19)18(27)23-14-5-6-15(20)16(21)10-14/h2-10H,1H3,(H,23,27)(H,22,24,25). The van der Waals surface area contributed by atoms with Gasteiger partial charge >= 0.3 is 0 Å². The van der Waals surface area contributed by atoms with Crippen LogP contribution in [-0.2, 0) is 0 Å². The smallest absolute Gasteiger partial charge is 0.274 e. The second kappa shape index (κ2) is 7.69. The van der Waals surface area contributed by atoms with Crippen molar-refractivity contribution in [2.45, 2.75) is 6.92 Å². The van der Waals surface area contributed by atoms with Gasteiger partial charge in [-0.2, -0.15) is 0 Å². The first-order valence-electron chi connectivity index (χ1n) is 7.90. The molecular formula is C19H14F2N4O2. The second-order valence-corrected chi connectivity index (χ2v) is 5.61. The molecule has 0 aliphatic heterocycles. The van der Waals surface area contributed by atoms with Gasteiger partial charge in [-0.1, -0.05) is 12.1 Å². The third kappa shape index (κ3) is 4.49. The molecule has 0 aliphatic carbocycles. The van der Waals surface area contributed by atoms with Crippen LogP contribution in [0.15, 0.2) is 54.7 Å². The number of halogens is 2. The van der Waals surface area contributed by atoms with Crippen LogP contribution in [0.5, 0.6) is 0 Å². The minimum atomic E-state index is -1.07. The van der Waals surface area contributed by atoms with E-state index in [9.17, 15) is 18.4 Å². The fourth-order valence-corrected chi connectivity index (χ4v) is 2.26. The average Bonchev–Trinajstić information content (AvgIpc) is 2.65. The quantitative estimate of drug-likeness (QED) is 0.666. The van der Waals surface area contributed by atoms with Gasteiger partial charge in [0.2, 0.25) is 5.95 Å². The summed E-state index contributed by atoms with van der Waals surface area (Å²) in [7, 11) is 0. The fourth-order valence-electron chi connectivity index (χ4n) is 2.26. The Balaban J connectivity index is 1.76. The zero-order valence-electron chi connectivity index (χ0n) is 14.2. The van der Waals surface area contributed by atoms with Crippen molar-refractivity contribution in [3.8, 4) is 0 Å². The van der Waals surface area contributed by atoms with E-state index in [1.807, 2.05) is 0 Å². The van der Waals surface area contributed by atoms with E-state index >= 15 is 0 Å². The highest BCUT2D eigenvalue weighted by molar-refractivity contribution is 6.03. The largest absolute Gasteiger partial charge is 0.324 e. The summed E-state index contributed by atoms with van der Waals surface area (Å²) < 4.78 is 26.2. The molecule has 2 aromatic carbocycles. The molecule has 0 fully saturated rings. The van der Waals surface area contributed by atoms with Gasteiger partial charge in [0.05, 0.1) is 0 Å². The summed E-state index contributed by atoms with van der Waals surface area (Å²) in [5.41, 5.74) is 1.23. The lowest BCUT2D eigenvalue weighted by molar-refractivity contribution is 0.101. The molecule has 0 unspecified atom stereocenters. The molecule has 1 amide bonds. The first kappa shape index (κ1) is 18.1. The normalized spacial score (nSPS) is 10.3. The minimum Gasteiger partial charge on any atom is -0.324 e. The van der Waals surface area contributed by atoms with Gasteiger partial charge in [-0.15, -0.1) is 0 Å². The van der Waals surface area contributed by atoms with Gasteiger partial charge < -0.3 is 10.6 Å². The molecule has 136 valence electrons. The highest BCUT2D eigenvalue weighted by Crippen LogP contribution is 2.17. The van der Waals surface area contributed by atoms with Crippen molar-refractivity contribution in [2.24, 2.45) is 0 Å². The van der Waals surface area contributed by atoms with E-state index in [-0.39, 0.29) is 23.1 Å². The predicted octanol–water partition coefficient (Wildman–Crippen LogP) is 3.95. The van der Waals surface area contributed by atoms with E-state index in [0.29, 0.717) is 11.3 Å². The number of rotatable bonds is 5. The number of hydrogen-bond acceptors (Lipinski definition) is 5. The van der Waals surface area contributed by atoms with Crippen LogP contribution >= 0.6 is 0 Å². The summed E-state index contributed by atoms with van der Waals surface area (Å²) >= 11 is 0. The van der Waals surface area contributed by atoms with Gasteiger partial charge in [0.15, 0.2) is 17.4 Å². The fraction of sp³-hybridized carbons (Fsp3) is 0.0526. The molecule has 27 heavy (non-hydrogen) atoms. The van der Waals surface area contributed by atoms with Crippen molar-refractivity contribution in [1.82, 2.24) is 9.97 Å². The molecule has 3 aromatic rings. The molecule has 8 heteroatoms.